The van der Waals surface area contributed by atoms with Crippen molar-refractivity contribution >= 4 is 62.7 Å². The summed E-state index contributed by atoms with van der Waals surface area (Å²) in [5, 5.41) is 47.8. The van der Waals surface area contributed by atoms with Crippen LogP contribution < -0.4 is 32.3 Å². The Morgan fingerprint density at radius 2 is 1.62 bits per heavy atom. The maximum Gasteiger partial charge on any atom is 0.280 e. The molecule has 20 nitrogen and oxygen atoms in total. The molecule has 0 spiro atoms. The molecule has 1 saturated heterocycles. The fourth-order valence-corrected chi connectivity index (χ4v) is 7.28. The van der Waals surface area contributed by atoms with Crippen LogP contribution in [0.1, 0.15) is 58.4 Å². The first-order valence-corrected chi connectivity index (χ1v) is 21.1. The number of nitrogens with one attached hydrogen (secondary N) is 5. The molecule has 0 aliphatic carbocycles. The number of rotatable bonds is 23. The predicted molar refractivity (Wildman–Crippen MR) is 234 cm³/mol. The number of fused-ring (bicyclic) bond motifs is 2. The largest absolute Gasteiger partial charge is 0.394 e. The lowest BCUT2D eigenvalue weighted by atomic mass is 9.96. The summed E-state index contributed by atoms with van der Waals surface area (Å²) < 4.78 is 17.6. The quantitative estimate of drug-likeness (QED) is 0.0228. The first-order chi connectivity index (χ1) is 30.7. The highest BCUT2D eigenvalue weighted by Gasteiger charge is 2.48. The van der Waals surface area contributed by atoms with Crippen LogP contribution in [0.2, 0.25) is 0 Å². The van der Waals surface area contributed by atoms with Gasteiger partial charge in [-0.15, -0.1) is 0 Å². The van der Waals surface area contributed by atoms with E-state index in [0.717, 1.165) is 17.4 Å². The summed E-state index contributed by atoms with van der Waals surface area (Å²) in [6, 6.07) is 17.8. The van der Waals surface area contributed by atoms with Crippen LogP contribution in [0, 0.1) is 10.1 Å². The van der Waals surface area contributed by atoms with Crippen LogP contribution in [0.4, 0.5) is 11.4 Å². The van der Waals surface area contributed by atoms with Gasteiger partial charge in [-0.25, -0.2) is 4.98 Å². The number of aliphatic hydroxyl groups excluding tert-OH is 2. The summed E-state index contributed by atoms with van der Waals surface area (Å²) in [4.78, 5) is 79.5. The third-order valence-electron chi connectivity index (χ3n) is 10.6. The number of benzene rings is 3. The molecule has 2 heterocycles. The Kier molecular flexibility index (Phi) is 17.8. The maximum absolute atomic E-state index is 13.3. The van der Waals surface area contributed by atoms with E-state index in [-0.39, 0.29) is 31.0 Å². The second kappa shape index (κ2) is 23.4. The zero-order valence-electron chi connectivity index (χ0n) is 35.9. The number of para-hydroxylation sites is 1. The normalized spacial score (nSPS) is 19.8. The van der Waals surface area contributed by atoms with Crippen LogP contribution in [-0.4, -0.2) is 118 Å². The molecule has 1 aliphatic rings. The number of nitro groups is 1. The van der Waals surface area contributed by atoms with E-state index in [1.807, 2.05) is 54.6 Å². The topological polar surface area (TPSA) is 296 Å². The SMILES string of the molecule is CC(=O)N[C@H]1[C@@H](OCc2ccccc2)O[C@H](CO)[C@@H](O)[C@@H]1OC(C)C(=O)N[C@@H](C)C(=O)N[C@H](CCC(=O)NCCCCCNc1c2ccccc2nc2cccc([N+](=O)[O-])c12)C(N)=O. The van der Waals surface area contributed by atoms with Gasteiger partial charge in [0.15, 0.2) is 6.29 Å². The third-order valence-corrected chi connectivity index (χ3v) is 10.6. The Morgan fingerprint density at radius 1 is 0.922 bits per heavy atom. The highest BCUT2D eigenvalue weighted by molar-refractivity contribution is 6.11. The van der Waals surface area contributed by atoms with Gasteiger partial charge in [-0.1, -0.05) is 54.6 Å². The molecule has 3 aromatic carbocycles. The number of aromatic nitrogens is 1. The Balaban J connectivity index is 1.05. The number of amides is 5. The monoisotopic (exact) mass is 888 g/mol. The van der Waals surface area contributed by atoms with Gasteiger partial charge in [0.05, 0.1) is 34.9 Å². The van der Waals surface area contributed by atoms with Crippen LogP contribution in [0.5, 0.6) is 0 Å². The average molecular weight is 889 g/mol. The first-order valence-electron chi connectivity index (χ1n) is 21.1. The summed E-state index contributed by atoms with van der Waals surface area (Å²) in [5.41, 5.74) is 8.15. The fraction of sp³-hybridized carbons (Fsp3) is 0.455. The number of pyridine rings is 1. The number of nitrogens with two attached hydrogens (primary N) is 1. The number of anilines is 1. The molecule has 0 radical (unpaired) electrons. The van der Waals surface area contributed by atoms with Gasteiger partial charge in [-0.05, 0) is 57.2 Å². The molecule has 1 unspecified atom stereocenters. The van der Waals surface area contributed by atoms with E-state index in [4.69, 9.17) is 19.9 Å². The van der Waals surface area contributed by atoms with Gasteiger partial charge in [0.2, 0.25) is 29.5 Å². The Hall–Kier alpha value is -6.32. The lowest BCUT2D eigenvalue weighted by Gasteiger charge is -2.44. The van der Waals surface area contributed by atoms with E-state index >= 15 is 0 Å². The van der Waals surface area contributed by atoms with E-state index in [2.05, 4.69) is 31.6 Å². The highest BCUT2D eigenvalue weighted by Crippen LogP contribution is 2.36. The molecular weight excluding hydrogens is 833 g/mol. The number of nitrogens with zero attached hydrogens (tertiary/aromatic N) is 2. The van der Waals surface area contributed by atoms with Gasteiger partial charge in [-0.3, -0.25) is 34.1 Å². The predicted octanol–water partition coefficient (Wildman–Crippen LogP) is 1.82. The van der Waals surface area contributed by atoms with Crippen LogP contribution in [-0.2, 0) is 44.8 Å². The summed E-state index contributed by atoms with van der Waals surface area (Å²) in [6.07, 6.45) is -4.66. The number of ether oxygens (including phenoxy) is 3. The van der Waals surface area contributed by atoms with Gasteiger partial charge in [0, 0.05) is 37.9 Å². The zero-order chi connectivity index (χ0) is 46.3. The fourth-order valence-electron chi connectivity index (χ4n) is 7.28. The van der Waals surface area contributed by atoms with Crippen molar-refractivity contribution in [3.63, 3.8) is 0 Å². The molecule has 20 heteroatoms. The summed E-state index contributed by atoms with van der Waals surface area (Å²) in [5.74, 6) is -3.30. The first kappa shape index (κ1) is 48.7. The van der Waals surface area contributed by atoms with E-state index in [1.165, 1.54) is 26.8 Å². The molecule has 1 fully saturated rings. The standard InChI is InChI=1S/C44H56N8O12/c1-25(48-43(59)26(2)63-40-38(49-27(3)54)44(64-34(23-53)39(40)56)62-24-28-13-6-4-7-14-28)42(58)51-32(41(45)57)19-20-35(55)46-21-10-5-11-22-47-37-29-15-8-9-16-30(29)50-31-17-12-18-33(36(31)37)52(60)61/h4,6-9,12-18,25-26,32,34,38-40,44,53,56H,5,10-11,19-24H2,1-3H3,(H2,45,57)(H,46,55)(H,47,50)(H,48,59)(H,49,54)(H,51,58)/t25-,26?,32+,34+,38+,39+,40+,44-/m0/s1. The van der Waals surface area contributed by atoms with Crippen molar-refractivity contribution in [1.29, 1.82) is 0 Å². The van der Waals surface area contributed by atoms with Crippen LogP contribution in [0.3, 0.4) is 0 Å². The molecule has 5 rings (SSSR count). The van der Waals surface area contributed by atoms with Crippen molar-refractivity contribution < 1.29 is 53.3 Å². The molecule has 4 aromatic rings. The smallest absolute Gasteiger partial charge is 0.280 e. The molecular formula is C44H56N8O12. The van der Waals surface area contributed by atoms with Gasteiger partial charge >= 0.3 is 0 Å². The second-order valence-corrected chi connectivity index (χ2v) is 15.5. The molecule has 0 bridgehead atoms. The molecule has 0 saturated carbocycles. The van der Waals surface area contributed by atoms with Crippen LogP contribution >= 0.6 is 0 Å². The van der Waals surface area contributed by atoms with Crippen LogP contribution in [0.15, 0.2) is 72.8 Å². The van der Waals surface area contributed by atoms with Crippen molar-refractivity contribution in [2.45, 2.75) is 108 Å². The minimum absolute atomic E-state index is 0.0393. The molecule has 1 aliphatic heterocycles. The minimum Gasteiger partial charge on any atom is -0.394 e. The van der Waals surface area contributed by atoms with Crippen molar-refractivity contribution in [3.05, 3.63) is 88.5 Å². The lowest BCUT2D eigenvalue weighted by molar-refractivity contribution is -0.383. The summed E-state index contributed by atoms with van der Waals surface area (Å²) >= 11 is 0. The van der Waals surface area contributed by atoms with Gasteiger partial charge in [-0.2, -0.15) is 0 Å². The summed E-state index contributed by atoms with van der Waals surface area (Å²) in [6.45, 7) is 4.28. The molecule has 9 N–H and O–H groups in total. The number of hydrogen-bond acceptors (Lipinski definition) is 14. The molecule has 344 valence electrons. The van der Waals surface area contributed by atoms with Gasteiger partial charge < -0.3 is 56.7 Å². The van der Waals surface area contributed by atoms with Crippen molar-refractivity contribution in [3.8, 4) is 0 Å². The minimum atomic E-state index is -1.50. The highest BCUT2D eigenvalue weighted by atomic mass is 16.7. The number of non-ortho nitro benzene ring substituents is 1. The van der Waals surface area contributed by atoms with E-state index < -0.39 is 84.0 Å². The van der Waals surface area contributed by atoms with E-state index in [0.29, 0.717) is 48.0 Å². The Morgan fingerprint density at radius 3 is 2.33 bits per heavy atom. The molecule has 64 heavy (non-hydrogen) atoms. The number of carbonyl (C=O) groups is 5. The lowest BCUT2D eigenvalue weighted by Crippen LogP contribution is -2.66. The number of nitro benzene ring substituents is 1. The van der Waals surface area contributed by atoms with Crippen molar-refractivity contribution in [1.82, 2.24) is 26.3 Å². The molecule has 1 aromatic heterocycles. The number of carbonyl (C=O) groups excluding carboxylic acids is 5. The van der Waals surface area contributed by atoms with Crippen molar-refractivity contribution in [2.75, 3.05) is 25.0 Å². The van der Waals surface area contributed by atoms with E-state index in [1.54, 1.807) is 12.1 Å². The van der Waals surface area contributed by atoms with Crippen molar-refractivity contribution in [2.24, 2.45) is 5.73 Å². The zero-order valence-corrected chi connectivity index (χ0v) is 35.9. The number of unbranched alkanes of at least 4 members (excludes halogenated alkanes) is 2. The Bertz CT molecular complexity index is 2270. The van der Waals surface area contributed by atoms with Gasteiger partial charge in [0.1, 0.15) is 47.9 Å². The third kappa shape index (κ3) is 13.1. The number of hydrogen-bond donors (Lipinski definition) is 8. The number of aliphatic hydroxyl groups is 2. The summed E-state index contributed by atoms with van der Waals surface area (Å²) in [7, 11) is 0. The van der Waals surface area contributed by atoms with Crippen LogP contribution in [0.25, 0.3) is 21.8 Å². The number of primary amides is 1. The molecule has 5 amide bonds. The molecule has 8 atom stereocenters. The van der Waals surface area contributed by atoms with E-state index in [9.17, 15) is 44.3 Å². The Labute approximate surface area is 369 Å². The second-order valence-electron chi connectivity index (χ2n) is 15.5. The average Bonchev–Trinajstić information content (AvgIpc) is 3.27. The van der Waals surface area contributed by atoms with Gasteiger partial charge in [0.25, 0.3) is 5.69 Å². The maximum atomic E-state index is 13.3.